The number of aryl methyl sites for hydroxylation is 1. The number of nitrogens with one attached hydrogen (secondary N) is 2. The van der Waals surface area contributed by atoms with Crippen LogP contribution in [0.5, 0.6) is 0 Å². The maximum Gasteiger partial charge on any atom is 0.261 e. The summed E-state index contributed by atoms with van der Waals surface area (Å²) in [7, 11) is 0. The van der Waals surface area contributed by atoms with E-state index >= 15 is 0 Å². The summed E-state index contributed by atoms with van der Waals surface area (Å²) in [5, 5.41) is 11.7. The van der Waals surface area contributed by atoms with E-state index in [0.29, 0.717) is 51.1 Å². The second-order valence-corrected chi connectivity index (χ2v) is 10.5. The van der Waals surface area contributed by atoms with Crippen LogP contribution in [0.25, 0.3) is 0 Å². The van der Waals surface area contributed by atoms with Crippen molar-refractivity contribution < 1.29 is 9.59 Å². The molecule has 2 aliphatic rings. The molecule has 3 aromatic rings. The first-order valence-corrected chi connectivity index (χ1v) is 11.8. The van der Waals surface area contributed by atoms with Gasteiger partial charge in [-0.15, -0.1) is 0 Å². The zero-order valence-corrected chi connectivity index (χ0v) is 20.6. The van der Waals surface area contributed by atoms with Crippen LogP contribution in [0.4, 0.5) is 11.5 Å². The van der Waals surface area contributed by atoms with Crippen molar-refractivity contribution in [3.63, 3.8) is 0 Å². The number of benzene rings is 2. The molecule has 1 aromatic heterocycles. The van der Waals surface area contributed by atoms with Gasteiger partial charge in [-0.3, -0.25) is 9.59 Å². The number of Topliss-reactive ketones (excluding diaryl/α,β-unsaturated/α-hetero) is 1. The minimum atomic E-state index is -0.628. The Morgan fingerprint density at radius 1 is 1.12 bits per heavy atom. The lowest BCUT2D eigenvalue weighted by Gasteiger charge is -2.39. The summed E-state index contributed by atoms with van der Waals surface area (Å²) in [4.78, 5) is 26.6. The SMILES string of the molecule is Cc1ccc(NC(=O)c2cnn3c2NC2=C(C(=O)CC(C)(C)C2)[C@@H]3c2c(Cl)cccc2Cl)cc1. The fraction of sp³-hybridized carbons (Fsp3) is 0.269. The third-order valence-electron chi connectivity index (χ3n) is 6.33. The molecule has 0 bridgehead atoms. The molecule has 0 unspecified atom stereocenters. The number of carbonyl (C=O) groups is 2. The van der Waals surface area contributed by atoms with Crippen molar-refractivity contribution in [3.05, 3.63) is 86.7 Å². The van der Waals surface area contributed by atoms with Crippen molar-refractivity contribution >= 4 is 46.4 Å². The molecule has 6 nitrogen and oxygen atoms in total. The average molecular weight is 495 g/mol. The molecule has 5 rings (SSSR count). The molecule has 174 valence electrons. The highest BCUT2D eigenvalue weighted by Crippen LogP contribution is 2.48. The lowest BCUT2D eigenvalue weighted by atomic mass is 9.73. The highest BCUT2D eigenvalue weighted by atomic mass is 35.5. The molecule has 0 saturated carbocycles. The topological polar surface area (TPSA) is 76.0 Å². The van der Waals surface area contributed by atoms with Gasteiger partial charge in [0.05, 0.1) is 6.20 Å². The number of carbonyl (C=O) groups excluding carboxylic acids is 2. The van der Waals surface area contributed by atoms with Gasteiger partial charge in [-0.05, 0) is 43.0 Å². The van der Waals surface area contributed by atoms with Crippen molar-refractivity contribution in [2.24, 2.45) is 5.41 Å². The van der Waals surface area contributed by atoms with Gasteiger partial charge in [0.25, 0.3) is 5.91 Å². The Balaban J connectivity index is 1.63. The Morgan fingerprint density at radius 3 is 2.47 bits per heavy atom. The second kappa shape index (κ2) is 8.29. The molecule has 2 N–H and O–H groups in total. The van der Waals surface area contributed by atoms with E-state index in [-0.39, 0.29) is 17.1 Å². The first-order chi connectivity index (χ1) is 16.1. The first kappa shape index (κ1) is 22.7. The van der Waals surface area contributed by atoms with E-state index in [1.165, 1.54) is 6.20 Å². The van der Waals surface area contributed by atoms with E-state index < -0.39 is 6.04 Å². The Bertz CT molecular complexity index is 1340. The molecule has 0 spiro atoms. The molecule has 2 heterocycles. The van der Waals surface area contributed by atoms with Crippen LogP contribution in [0.2, 0.25) is 10.0 Å². The summed E-state index contributed by atoms with van der Waals surface area (Å²) in [6.45, 7) is 6.11. The van der Waals surface area contributed by atoms with E-state index in [1.807, 2.05) is 31.2 Å². The van der Waals surface area contributed by atoms with Gasteiger partial charge < -0.3 is 10.6 Å². The standard InChI is InChI=1S/C26H24Cl2N4O2/c1-14-7-9-15(10-8-14)30-25(34)16-13-29-32-23(21-17(27)5-4-6-18(21)28)22-19(31-24(16)32)11-26(2,3)12-20(22)33/h4-10,13,23,31H,11-12H2,1-3H3,(H,30,34)/t23-/m0/s1. The molecule has 1 aliphatic heterocycles. The largest absolute Gasteiger partial charge is 0.343 e. The van der Waals surface area contributed by atoms with Gasteiger partial charge in [0.15, 0.2) is 5.78 Å². The zero-order chi connectivity index (χ0) is 24.2. The van der Waals surface area contributed by atoms with Gasteiger partial charge in [-0.1, -0.05) is 60.8 Å². The van der Waals surface area contributed by atoms with Gasteiger partial charge >= 0.3 is 0 Å². The molecule has 1 aliphatic carbocycles. The fourth-order valence-electron chi connectivity index (χ4n) is 4.75. The van der Waals surface area contributed by atoms with Gasteiger partial charge in [0.2, 0.25) is 0 Å². The van der Waals surface area contributed by atoms with Crippen molar-refractivity contribution in [2.75, 3.05) is 10.6 Å². The minimum absolute atomic E-state index is 0.0199. The highest BCUT2D eigenvalue weighted by Gasteiger charge is 2.43. The van der Waals surface area contributed by atoms with Crippen molar-refractivity contribution in [2.45, 2.75) is 39.7 Å². The van der Waals surface area contributed by atoms with Crippen molar-refractivity contribution in [3.8, 4) is 0 Å². The fourth-order valence-corrected chi connectivity index (χ4v) is 5.36. The predicted molar refractivity (Wildman–Crippen MR) is 135 cm³/mol. The van der Waals surface area contributed by atoms with Gasteiger partial charge in [0.1, 0.15) is 17.4 Å². The maximum absolute atomic E-state index is 13.4. The van der Waals surface area contributed by atoms with Crippen LogP contribution in [-0.2, 0) is 4.79 Å². The van der Waals surface area contributed by atoms with Crippen molar-refractivity contribution in [1.82, 2.24) is 9.78 Å². The molecule has 0 saturated heterocycles. The molecular weight excluding hydrogens is 471 g/mol. The van der Waals surface area contributed by atoms with E-state index in [4.69, 9.17) is 23.2 Å². The lowest BCUT2D eigenvalue weighted by Crippen LogP contribution is -2.37. The number of ketones is 1. The average Bonchev–Trinajstić information content (AvgIpc) is 3.17. The smallest absolute Gasteiger partial charge is 0.261 e. The Kier molecular flexibility index (Phi) is 5.53. The summed E-state index contributed by atoms with van der Waals surface area (Å²) in [5.41, 5.74) is 3.91. The summed E-state index contributed by atoms with van der Waals surface area (Å²) < 4.78 is 1.65. The minimum Gasteiger partial charge on any atom is -0.343 e. The summed E-state index contributed by atoms with van der Waals surface area (Å²) >= 11 is 13.2. The molecule has 8 heteroatoms. The Hall–Kier alpha value is -3.09. The Morgan fingerprint density at radius 2 is 1.79 bits per heavy atom. The van der Waals surface area contributed by atoms with Crippen LogP contribution in [0.3, 0.4) is 0 Å². The van der Waals surface area contributed by atoms with Crippen LogP contribution in [0.1, 0.15) is 54.2 Å². The van der Waals surface area contributed by atoms with E-state index in [9.17, 15) is 9.59 Å². The molecule has 1 atom stereocenters. The molecule has 1 amide bonds. The number of hydrogen-bond acceptors (Lipinski definition) is 4. The summed E-state index contributed by atoms with van der Waals surface area (Å²) in [5.74, 6) is 0.230. The normalized spacial score (nSPS) is 18.7. The van der Waals surface area contributed by atoms with E-state index in [1.54, 1.807) is 22.9 Å². The number of amides is 1. The third kappa shape index (κ3) is 3.91. The lowest BCUT2D eigenvalue weighted by molar-refractivity contribution is -0.118. The Labute approximate surface area is 207 Å². The highest BCUT2D eigenvalue weighted by molar-refractivity contribution is 6.36. The van der Waals surface area contributed by atoms with Crippen LogP contribution in [0.15, 0.2) is 59.9 Å². The number of allylic oxidation sites excluding steroid dienone is 2. The number of anilines is 2. The molecule has 0 radical (unpaired) electrons. The molecule has 0 fully saturated rings. The molecule has 34 heavy (non-hydrogen) atoms. The summed E-state index contributed by atoms with van der Waals surface area (Å²) in [6, 6.07) is 12.2. The molecular formula is C26H24Cl2N4O2. The number of rotatable bonds is 3. The number of hydrogen-bond donors (Lipinski definition) is 2. The van der Waals surface area contributed by atoms with Crippen LogP contribution < -0.4 is 10.6 Å². The van der Waals surface area contributed by atoms with Crippen LogP contribution in [-0.4, -0.2) is 21.5 Å². The number of nitrogens with zero attached hydrogens (tertiary/aromatic N) is 2. The predicted octanol–water partition coefficient (Wildman–Crippen LogP) is 6.41. The summed E-state index contributed by atoms with van der Waals surface area (Å²) in [6.07, 6.45) is 2.57. The number of halogens is 2. The van der Waals surface area contributed by atoms with Crippen LogP contribution >= 0.6 is 23.2 Å². The molecule has 2 aromatic carbocycles. The third-order valence-corrected chi connectivity index (χ3v) is 6.99. The number of fused-ring (bicyclic) bond motifs is 1. The van der Waals surface area contributed by atoms with Gasteiger partial charge in [-0.2, -0.15) is 5.10 Å². The van der Waals surface area contributed by atoms with E-state index in [2.05, 4.69) is 29.6 Å². The maximum atomic E-state index is 13.4. The van der Waals surface area contributed by atoms with Crippen molar-refractivity contribution in [1.29, 1.82) is 0 Å². The first-order valence-electron chi connectivity index (χ1n) is 11.1. The number of aromatic nitrogens is 2. The second-order valence-electron chi connectivity index (χ2n) is 9.67. The monoisotopic (exact) mass is 494 g/mol. The zero-order valence-electron chi connectivity index (χ0n) is 19.1. The van der Waals surface area contributed by atoms with Gasteiger partial charge in [0, 0.05) is 39.0 Å². The van der Waals surface area contributed by atoms with Crippen LogP contribution in [0, 0.1) is 12.3 Å². The van der Waals surface area contributed by atoms with E-state index in [0.717, 1.165) is 11.3 Å². The van der Waals surface area contributed by atoms with Gasteiger partial charge in [-0.25, -0.2) is 4.68 Å². The quantitative estimate of drug-likeness (QED) is 0.441.